The third-order valence-electron chi connectivity index (χ3n) is 6.28. The van der Waals surface area contributed by atoms with Gasteiger partial charge in [0, 0.05) is 11.3 Å². The molecule has 3 aromatic rings. The number of hydrogen-bond acceptors (Lipinski definition) is 6. The number of aliphatic hydroxyl groups is 1. The molecule has 1 aliphatic rings. The molecule has 1 fully saturated rings. The second-order valence-electron chi connectivity index (χ2n) is 9.74. The van der Waals surface area contributed by atoms with E-state index in [0.717, 1.165) is 5.56 Å². The normalized spacial score (nSPS) is 16.7. The molecule has 7 nitrogen and oxygen atoms in total. The first kappa shape index (κ1) is 26.7. The lowest BCUT2D eigenvalue weighted by molar-refractivity contribution is -0.139. The van der Waals surface area contributed by atoms with E-state index in [4.69, 9.17) is 9.47 Å². The van der Waals surface area contributed by atoms with E-state index in [2.05, 4.69) is 0 Å². The van der Waals surface area contributed by atoms with Crippen molar-refractivity contribution >= 4 is 29.1 Å². The Labute approximate surface area is 222 Å². The zero-order chi connectivity index (χ0) is 27.4. The number of methoxy groups -OCH3 is 1. The third kappa shape index (κ3) is 5.62. The molecule has 1 aliphatic heterocycles. The number of carbonyl (C=O) groups excluding carboxylic acids is 3. The maximum absolute atomic E-state index is 13.4. The highest BCUT2D eigenvalue weighted by atomic mass is 16.5. The van der Waals surface area contributed by atoms with Crippen LogP contribution >= 0.6 is 0 Å². The molecule has 0 bridgehead atoms. The van der Waals surface area contributed by atoms with Crippen LogP contribution in [0.2, 0.25) is 0 Å². The molecule has 1 N–H and O–H groups in total. The summed E-state index contributed by atoms with van der Waals surface area (Å²) in [6.45, 7) is 6.50. The van der Waals surface area contributed by atoms with Crippen molar-refractivity contribution in [2.24, 2.45) is 5.92 Å². The molecule has 1 unspecified atom stereocenters. The lowest BCUT2D eigenvalue weighted by Gasteiger charge is -2.26. The number of esters is 1. The predicted octanol–water partition coefficient (Wildman–Crippen LogP) is 5.37. The predicted molar refractivity (Wildman–Crippen MR) is 145 cm³/mol. The van der Waals surface area contributed by atoms with Crippen LogP contribution in [0.25, 0.3) is 5.76 Å². The fourth-order valence-corrected chi connectivity index (χ4v) is 4.42. The van der Waals surface area contributed by atoms with Crippen molar-refractivity contribution in [3.05, 3.63) is 101 Å². The number of aryl methyl sites for hydroxylation is 1. The van der Waals surface area contributed by atoms with E-state index in [0.29, 0.717) is 40.7 Å². The Morgan fingerprint density at radius 2 is 1.71 bits per heavy atom. The van der Waals surface area contributed by atoms with Crippen LogP contribution < -0.4 is 9.64 Å². The van der Waals surface area contributed by atoms with Crippen molar-refractivity contribution in [3.63, 3.8) is 0 Å². The summed E-state index contributed by atoms with van der Waals surface area (Å²) in [6.07, 6.45) is 0.0894. The summed E-state index contributed by atoms with van der Waals surface area (Å²) in [5, 5.41) is 11.4. The molecule has 0 radical (unpaired) electrons. The van der Waals surface area contributed by atoms with Gasteiger partial charge in [-0.15, -0.1) is 0 Å². The highest BCUT2D eigenvalue weighted by Gasteiger charge is 2.47. The Kier molecular flexibility index (Phi) is 7.96. The first-order chi connectivity index (χ1) is 18.2. The van der Waals surface area contributed by atoms with Crippen LogP contribution in [-0.4, -0.2) is 36.5 Å². The fraction of sp³-hybridized carbons (Fsp3) is 0.258. The molecule has 3 aromatic carbocycles. The van der Waals surface area contributed by atoms with Gasteiger partial charge >= 0.3 is 5.97 Å². The molecule has 4 rings (SSSR count). The van der Waals surface area contributed by atoms with Gasteiger partial charge < -0.3 is 14.6 Å². The quantitative estimate of drug-likeness (QED) is 0.188. The average molecular weight is 514 g/mol. The second-order valence-corrected chi connectivity index (χ2v) is 9.74. The van der Waals surface area contributed by atoms with Gasteiger partial charge in [0.05, 0.1) is 31.8 Å². The van der Waals surface area contributed by atoms with Crippen LogP contribution in [-0.2, 0) is 25.5 Å². The molecule has 38 heavy (non-hydrogen) atoms. The summed E-state index contributed by atoms with van der Waals surface area (Å²) in [5.74, 6) is -1.29. The summed E-state index contributed by atoms with van der Waals surface area (Å²) < 4.78 is 10.5. The number of aliphatic hydroxyl groups excluding tert-OH is 1. The van der Waals surface area contributed by atoms with E-state index in [1.54, 1.807) is 48.5 Å². The zero-order valence-corrected chi connectivity index (χ0v) is 21.9. The minimum absolute atomic E-state index is 0.000229. The first-order valence-corrected chi connectivity index (χ1v) is 12.5. The molecule has 1 heterocycles. The monoisotopic (exact) mass is 513 g/mol. The summed E-state index contributed by atoms with van der Waals surface area (Å²) in [4.78, 5) is 39.9. The number of anilines is 1. The molecular formula is C31H31NO6. The Bertz CT molecular complexity index is 1390. The minimum atomic E-state index is -0.846. The molecule has 7 heteroatoms. The smallest absolute Gasteiger partial charge is 0.309 e. The maximum Gasteiger partial charge on any atom is 0.309 e. The van der Waals surface area contributed by atoms with E-state index >= 15 is 0 Å². The number of amides is 1. The number of Topliss-reactive ketones (excluding diaryl/α,β-unsaturated/α-hetero) is 1. The highest BCUT2D eigenvalue weighted by Crippen LogP contribution is 2.42. The highest BCUT2D eigenvalue weighted by molar-refractivity contribution is 6.51. The zero-order valence-electron chi connectivity index (χ0n) is 21.9. The molecule has 0 saturated carbocycles. The Balaban J connectivity index is 1.81. The number of ether oxygens (including phenoxy) is 2. The van der Waals surface area contributed by atoms with Crippen LogP contribution in [0.5, 0.6) is 5.75 Å². The summed E-state index contributed by atoms with van der Waals surface area (Å²) in [7, 11) is 1.32. The number of nitrogens with zero attached hydrogens (tertiary/aromatic N) is 1. The average Bonchev–Trinajstić information content (AvgIpc) is 3.17. The van der Waals surface area contributed by atoms with Gasteiger partial charge in [-0.05, 0) is 48.2 Å². The number of carbonyl (C=O) groups is 3. The number of rotatable bonds is 8. The Morgan fingerprint density at radius 1 is 1.00 bits per heavy atom. The Hall–Kier alpha value is -4.39. The SMILES string of the molecule is COC(=O)Cc1ccc(N2C(=O)C(=O)/C(=C(\O)c3cccc(OCC(C)C)c3)C2c2cccc(C)c2)cc1. The van der Waals surface area contributed by atoms with Crippen LogP contribution in [0.3, 0.4) is 0 Å². The lowest BCUT2D eigenvalue weighted by Crippen LogP contribution is -2.29. The van der Waals surface area contributed by atoms with E-state index in [-0.39, 0.29) is 23.7 Å². The largest absolute Gasteiger partial charge is 0.507 e. The third-order valence-corrected chi connectivity index (χ3v) is 6.28. The second kappa shape index (κ2) is 11.3. The molecule has 0 aliphatic carbocycles. The van der Waals surface area contributed by atoms with Crippen LogP contribution in [0, 0.1) is 12.8 Å². The van der Waals surface area contributed by atoms with Gasteiger partial charge in [-0.25, -0.2) is 0 Å². The Morgan fingerprint density at radius 3 is 2.37 bits per heavy atom. The molecular weight excluding hydrogens is 482 g/mol. The minimum Gasteiger partial charge on any atom is -0.507 e. The number of ketones is 1. The van der Waals surface area contributed by atoms with Crippen LogP contribution in [0.1, 0.15) is 42.1 Å². The topological polar surface area (TPSA) is 93.1 Å². The van der Waals surface area contributed by atoms with E-state index in [1.165, 1.54) is 12.0 Å². The van der Waals surface area contributed by atoms with E-state index in [1.807, 2.05) is 45.0 Å². The van der Waals surface area contributed by atoms with Crippen LogP contribution in [0.4, 0.5) is 5.69 Å². The van der Waals surface area contributed by atoms with Crippen molar-refractivity contribution in [2.75, 3.05) is 18.6 Å². The van der Waals surface area contributed by atoms with Gasteiger partial charge in [-0.1, -0.05) is 67.9 Å². The molecule has 196 valence electrons. The van der Waals surface area contributed by atoms with Gasteiger partial charge in [0.25, 0.3) is 11.7 Å². The van der Waals surface area contributed by atoms with Crippen molar-refractivity contribution in [1.29, 1.82) is 0 Å². The standard InChI is InChI=1S/C31H31NO6/c1-19(2)18-38-25-10-6-9-23(17-25)29(34)27-28(22-8-5-7-20(3)15-22)32(31(36)30(27)35)24-13-11-21(12-14-24)16-26(33)37-4/h5-15,17,19,28,34H,16,18H2,1-4H3/b29-27-. The van der Waals surface area contributed by atoms with Gasteiger partial charge in [0.2, 0.25) is 0 Å². The molecule has 1 amide bonds. The van der Waals surface area contributed by atoms with Crippen LogP contribution in [0.15, 0.2) is 78.4 Å². The maximum atomic E-state index is 13.4. The van der Waals surface area contributed by atoms with E-state index < -0.39 is 17.7 Å². The summed E-state index contributed by atoms with van der Waals surface area (Å²) >= 11 is 0. The van der Waals surface area contributed by atoms with Gasteiger partial charge in [-0.3, -0.25) is 19.3 Å². The lowest BCUT2D eigenvalue weighted by atomic mass is 9.94. The summed E-state index contributed by atoms with van der Waals surface area (Å²) in [5.41, 5.74) is 3.21. The summed E-state index contributed by atoms with van der Waals surface area (Å²) in [6, 6.07) is 20.3. The van der Waals surface area contributed by atoms with Gasteiger partial charge in [0.15, 0.2) is 0 Å². The fourth-order valence-electron chi connectivity index (χ4n) is 4.42. The van der Waals surface area contributed by atoms with E-state index in [9.17, 15) is 19.5 Å². The first-order valence-electron chi connectivity index (χ1n) is 12.5. The number of hydrogen-bond donors (Lipinski definition) is 1. The van der Waals surface area contributed by atoms with Gasteiger partial charge in [-0.2, -0.15) is 0 Å². The number of benzene rings is 3. The molecule has 1 saturated heterocycles. The van der Waals surface area contributed by atoms with Crippen molar-refractivity contribution in [2.45, 2.75) is 33.2 Å². The molecule has 0 aromatic heterocycles. The molecule has 0 spiro atoms. The van der Waals surface area contributed by atoms with Crippen molar-refractivity contribution < 1.29 is 29.0 Å². The molecule has 1 atom stereocenters. The van der Waals surface area contributed by atoms with Crippen molar-refractivity contribution in [3.8, 4) is 5.75 Å². The van der Waals surface area contributed by atoms with Gasteiger partial charge in [0.1, 0.15) is 11.5 Å². The van der Waals surface area contributed by atoms with Crippen molar-refractivity contribution in [1.82, 2.24) is 0 Å².